The molecule has 94 valence electrons. The minimum atomic E-state index is 0.203. The fourth-order valence-electron chi connectivity index (χ4n) is 1.75. The van der Waals surface area contributed by atoms with Crippen molar-refractivity contribution in [3.8, 4) is 0 Å². The van der Waals surface area contributed by atoms with Crippen LogP contribution in [0.15, 0.2) is 11.2 Å². The summed E-state index contributed by atoms with van der Waals surface area (Å²) in [4.78, 5) is 7.86. The van der Waals surface area contributed by atoms with Gasteiger partial charge in [-0.1, -0.05) is 0 Å². The third-order valence-electron chi connectivity index (χ3n) is 2.62. The highest BCUT2D eigenvalue weighted by molar-refractivity contribution is 5.78. The molecular formula is C10H18N6O. The van der Waals surface area contributed by atoms with Gasteiger partial charge >= 0.3 is 0 Å². The van der Waals surface area contributed by atoms with E-state index in [1.54, 1.807) is 13.2 Å². The highest BCUT2D eigenvalue weighted by Crippen LogP contribution is 2.04. The second-order valence-electron chi connectivity index (χ2n) is 4.13. The Bertz CT molecular complexity index is 401. The zero-order chi connectivity index (χ0) is 12.3. The molecule has 1 aromatic rings. The predicted octanol–water partition coefficient (Wildman–Crippen LogP) is -0.649. The molecule has 17 heavy (non-hydrogen) atoms. The highest BCUT2D eigenvalue weighted by atomic mass is 16.5. The van der Waals surface area contributed by atoms with Gasteiger partial charge in [0.2, 0.25) is 0 Å². The SMILES string of the molecule is CC1CN(C(N)=NCc2cnn(C)n2)CCO1. The summed E-state index contributed by atoms with van der Waals surface area (Å²) in [5, 5.41) is 8.12. The molecule has 0 amide bonds. The number of morpholine rings is 1. The molecule has 1 aliphatic heterocycles. The van der Waals surface area contributed by atoms with Crippen LogP contribution in [0.1, 0.15) is 12.6 Å². The molecule has 1 unspecified atom stereocenters. The Kier molecular flexibility index (Phi) is 3.58. The van der Waals surface area contributed by atoms with E-state index in [0.717, 1.165) is 18.8 Å². The molecule has 0 radical (unpaired) electrons. The zero-order valence-corrected chi connectivity index (χ0v) is 10.2. The van der Waals surface area contributed by atoms with Crippen LogP contribution in [0.25, 0.3) is 0 Å². The van der Waals surface area contributed by atoms with Gasteiger partial charge in [-0.15, -0.1) is 0 Å². The van der Waals surface area contributed by atoms with E-state index in [9.17, 15) is 0 Å². The number of guanidine groups is 1. The van der Waals surface area contributed by atoms with E-state index in [0.29, 0.717) is 19.1 Å². The number of nitrogens with zero attached hydrogens (tertiary/aromatic N) is 5. The van der Waals surface area contributed by atoms with Crippen LogP contribution in [-0.4, -0.2) is 51.7 Å². The maximum atomic E-state index is 5.93. The number of nitrogens with two attached hydrogens (primary N) is 1. The molecule has 2 rings (SSSR count). The van der Waals surface area contributed by atoms with Gasteiger partial charge in [-0.25, -0.2) is 4.99 Å². The Morgan fingerprint density at radius 1 is 1.71 bits per heavy atom. The standard InChI is InChI=1S/C10H18N6O/c1-8-7-16(3-4-17-8)10(11)12-5-9-6-13-15(2)14-9/h6,8H,3-5,7H2,1-2H3,(H2,11,12). The van der Waals surface area contributed by atoms with Crippen LogP contribution in [0.4, 0.5) is 0 Å². The van der Waals surface area contributed by atoms with Crippen LogP contribution >= 0.6 is 0 Å². The Hall–Kier alpha value is -1.63. The number of rotatable bonds is 2. The van der Waals surface area contributed by atoms with Gasteiger partial charge in [-0.3, -0.25) is 0 Å². The van der Waals surface area contributed by atoms with Crippen LogP contribution in [0, 0.1) is 0 Å². The molecule has 0 bridgehead atoms. The molecule has 2 heterocycles. The van der Waals surface area contributed by atoms with E-state index in [1.807, 2.05) is 11.8 Å². The van der Waals surface area contributed by atoms with Crippen LogP contribution in [0.5, 0.6) is 0 Å². The van der Waals surface area contributed by atoms with Crippen molar-refractivity contribution in [2.45, 2.75) is 19.6 Å². The first-order valence-corrected chi connectivity index (χ1v) is 5.67. The Balaban J connectivity index is 1.92. The topological polar surface area (TPSA) is 81.6 Å². The fraction of sp³-hybridized carbons (Fsp3) is 0.700. The lowest BCUT2D eigenvalue weighted by molar-refractivity contribution is 0.00528. The maximum Gasteiger partial charge on any atom is 0.191 e. The van der Waals surface area contributed by atoms with Gasteiger partial charge in [-0.05, 0) is 6.92 Å². The minimum absolute atomic E-state index is 0.203. The normalized spacial score (nSPS) is 21.9. The molecule has 1 fully saturated rings. The molecule has 1 atom stereocenters. The molecule has 0 saturated carbocycles. The fourth-order valence-corrected chi connectivity index (χ4v) is 1.75. The summed E-state index contributed by atoms with van der Waals surface area (Å²) >= 11 is 0. The first-order chi connectivity index (χ1) is 8.15. The second kappa shape index (κ2) is 5.13. The molecular weight excluding hydrogens is 220 g/mol. The maximum absolute atomic E-state index is 5.93. The Labute approximate surface area is 100 Å². The van der Waals surface area contributed by atoms with E-state index in [4.69, 9.17) is 10.5 Å². The molecule has 0 aromatic carbocycles. The smallest absolute Gasteiger partial charge is 0.191 e. The second-order valence-corrected chi connectivity index (χ2v) is 4.13. The summed E-state index contributed by atoms with van der Waals surface area (Å²) in [5.74, 6) is 0.547. The molecule has 1 aromatic heterocycles. The summed E-state index contributed by atoms with van der Waals surface area (Å²) in [5.41, 5.74) is 6.75. The Morgan fingerprint density at radius 2 is 2.53 bits per heavy atom. The molecule has 0 spiro atoms. The van der Waals surface area contributed by atoms with Crippen LogP contribution < -0.4 is 5.73 Å². The van der Waals surface area contributed by atoms with Crippen LogP contribution in [0.3, 0.4) is 0 Å². The summed E-state index contributed by atoms with van der Waals surface area (Å²) in [6.07, 6.45) is 1.90. The number of aliphatic imine (C=N–C) groups is 1. The first-order valence-electron chi connectivity index (χ1n) is 5.67. The van der Waals surface area contributed by atoms with Gasteiger partial charge in [0.05, 0.1) is 25.5 Å². The molecule has 7 heteroatoms. The highest BCUT2D eigenvalue weighted by Gasteiger charge is 2.17. The van der Waals surface area contributed by atoms with Crippen molar-refractivity contribution in [1.29, 1.82) is 0 Å². The van der Waals surface area contributed by atoms with E-state index in [-0.39, 0.29) is 6.10 Å². The van der Waals surface area contributed by atoms with Crippen molar-refractivity contribution in [3.05, 3.63) is 11.9 Å². The molecule has 0 aliphatic carbocycles. The van der Waals surface area contributed by atoms with Gasteiger partial charge in [0.25, 0.3) is 0 Å². The van der Waals surface area contributed by atoms with Crippen molar-refractivity contribution in [2.24, 2.45) is 17.8 Å². The summed E-state index contributed by atoms with van der Waals surface area (Å²) in [7, 11) is 1.78. The first kappa shape index (κ1) is 11.8. The number of aromatic nitrogens is 3. The zero-order valence-electron chi connectivity index (χ0n) is 10.2. The number of aryl methyl sites for hydroxylation is 1. The van der Waals surface area contributed by atoms with Crippen molar-refractivity contribution in [3.63, 3.8) is 0 Å². The van der Waals surface area contributed by atoms with Gasteiger partial charge in [0.1, 0.15) is 5.69 Å². The van der Waals surface area contributed by atoms with E-state index < -0.39 is 0 Å². The lowest BCUT2D eigenvalue weighted by Gasteiger charge is -2.31. The molecule has 7 nitrogen and oxygen atoms in total. The molecule has 1 saturated heterocycles. The third-order valence-corrected chi connectivity index (χ3v) is 2.62. The van der Waals surface area contributed by atoms with Crippen molar-refractivity contribution in [1.82, 2.24) is 19.9 Å². The minimum Gasteiger partial charge on any atom is -0.375 e. The summed E-state index contributed by atoms with van der Waals surface area (Å²) < 4.78 is 5.45. The number of ether oxygens (including phenoxy) is 1. The van der Waals surface area contributed by atoms with Crippen molar-refractivity contribution in [2.75, 3.05) is 19.7 Å². The lowest BCUT2D eigenvalue weighted by atomic mass is 10.3. The molecule has 1 aliphatic rings. The van der Waals surface area contributed by atoms with Gasteiger partial charge in [0.15, 0.2) is 5.96 Å². The van der Waals surface area contributed by atoms with Gasteiger partial charge in [0, 0.05) is 20.1 Å². The monoisotopic (exact) mass is 238 g/mol. The van der Waals surface area contributed by atoms with Gasteiger partial charge < -0.3 is 15.4 Å². The van der Waals surface area contributed by atoms with E-state index in [2.05, 4.69) is 15.2 Å². The van der Waals surface area contributed by atoms with Crippen molar-refractivity contribution >= 4 is 5.96 Å². The number of hydrogen-bond donors (Lipinski definition) is 1. The average Bonchev–Trinajstić information content (AvgIpc) is 2.72. The van der Waals surface area contributed by atoms with E-state index in [1.165, 1.54) is 4.80 Å². The lowest BCUT2D eigenvalue weighted by Crippen LogP contribution is -2.47. The summed E-state index contributed by atoms with van der Waals surface area (Å²) in [6.45, 7) is 4.77. The quantitative estimate of drug-likeness (QED) is 0.547. The predicted molar refractivity (Wildman–Crippen MR) is 63.3 cm³/mol. The number of hydrogen-bond acceptors (Lipinski definition) is 4. The summed E-state index contributed by atoms with van der Waals surface area (Å²) in [6, 6.07) is 0. The average molecular weight is 238 g/mol. The van der Waals surface area contributed by atoms with E-state index >= 15 is 0 Å². The molecule has 2 N–H and O–H groups in total. The largest absolute Gasteiger partial charge is 0.375 e. The third kappa shape index (κ3) is 3.16. The van der Waals surface area contributed by atoms with Crippen molar-refractivity contribution < 1.29 is 4.74 Å². The van der Waals surface area contributed by atoms with Crippen LogP contribution in [-0.2, 0) is 18.3 Å². The Morgan fingerprint density at radius 3 is 3.18 bits per heavy atom. The van der Waals surface area contributed by atoms with Crippen LogP contribution in [0.2, 0.25) is 0 Å². The van der Waals surface area contributed by atoms with Gasteiger partial charge in [-0.2, -0.15) is 15.0 Å².